The first-order chi connectivity index (χ1) is 13.0. The molecular weight excluding hydrogens is 351 g/mol. The first kappa shape index (κ1) is 19.3. The van der Waals surface area contributed by atoms with Crippen LogP contribution in [0.15, 0.2) is 11.6 Å². The Balaban J connectivity index is 1.56. The van der Waals surface area contributed by atoms with E-state index in [1.807, 2.05) is 13.0 Å². The van der Waals surface area contributed by atoms with Gasteiger partial charge >= 0.3 is 0 Å². The summed E-state index contributed by atoms with van der Waals surface area (Å²) in [6.07, 6.45) is 10.1. The van der Waals surface area contributed by atoms with Gasteiger partial charge in [0.05, 0.1) is 5.60 Å². The largest absolute Gasteiger partial charge is 0.390 e. The van der Waals surface area contributed by atoms with Gasteiger partial charge in [-0.15, -0.1) is 0 Å². The van der Waals surface area contributed by atoms with Crippen LogP contribution in [0.25, 0.3) is 0 Å². The van der Waals surface area contributed by atoms with Crippen molar-refractivity contribution in [2.24, 2.45) is 40.4 Å². The molecule has 2 nitrogen and oxygen atoms in total. The third-order valence-corrected chi connectivity index (χ3v) is 10.3. The molecule has 1 N–H and O–H groups in total. The molecule has 5 aliphatic rings. The molecule has 0 heterocycles. The number of carbonyl (C=O) groups is 1. The van der Waals surface area contributed by atoms with Gasteiger partial charge in [0.2, 0.25) is 0 Å². The summed E-state index contributed by atoms with van der Waals surface area (Å²) < 4.78 is 16.8. The van der Waals surface area contributed by atoms with E-state index in [1.165, 1.54) is 5.57 Å². The Kier molecular flexibility index (Phi) is 3.93. The van der Waals surface area contributed by atoms with Gasteiger partial charge in [-0.2, -0.15) is 0 Å². The highest BCUT2D eigenvalue weighted by Gasteiger charge is 2.70. The second-order valence-electron chi connectivity index (χ2n) is 11.9. The Bertz CT molecular complexity index is 741. The fourth-order valence-electron chi connectivity index (χ4n) is 9.53. The van der Waals surface area contributed by atoms with Crippen molar-refractivity contribution in [2.45, 2.75) is 96.8 Å². The van der Waals surface area contributed by atoms with Crippen LogP contribution in [0.4, 0.5) is 4.39 Å². The average molecular weight is 389 g/mol. The fourth-order valence-corrected chi connectivity index (χ4v) is 9.53. The van der Waals surface area contributed by atoms with Crippen molar-refractivity contribution in [3.63, 3.8) is 0 Å². The van der Waals surface area contributed by atoms with Gasteiger partial charge in [0.15, 0.2) is 0 Å². The summed E-state index contributed by atoms with van der Waals surface area (Å²) in [7, 11) is 0. The molecule has 1 spiro atoms. The Hall–Kier alpha value is -0.700. The van der Waals surface area contributed by atoms with Crippen LogP contribution in [0.1, 0.15) is 85.5 Å². The van der Waals surface area contributed by atoms with E-state index in [0.717, 1.165) is 44.9 Å². The first-order valence-corrected chi connectivity index (χ1v) is 11.6. The molecule has 0 aromatic carbocycles. The molecule has 0 amide bonds. The minimum Gasteiger partial charge on any atom is -0.390 e. The fraction of sp³-hybridized carbons (Fsp3) is 0.880. The Morgan fingerprint density at radius 1 is 1.11 bits per heavy atom. The van der Waals surface area contributed by atoms with Gasteiger partial charge in [-0.25, -0.2) is 4.39 Å². The van der Waals surface area contributed by atoms with Crippen LogP contribution >= 0.6 is 0 Å². The van der Waals surface area contributed by atoms with E-state index < -0.39 is 16.7 Å². The number of allylic oxidation sites excluding steroid dienone is 2. The molecule has 28 heavy (non-hydrogen) atoms. The minimum atomic E-state index is -1.28. The zero-order chi connectivity index (χ0) is 20.1. The number of alkyl halides is 1. The number of fused-ring (bicyclic) bond motifs is 4. The lowest BCUT2D eigenvalue weighted by atomic mass is 9.41. The summed E-state index contributed by atoms with van der Waals surface area (Å²) in [4.78, 5) is 12.3. The van der Waals surface area contributed by atoms with Crippen LogP contribution in [0.2, 0.25) is 0 Å². The zero-order valence-corrected chi connectivity index (χ0v) is 18.1. The van der Waals surface area contributed by atoms with Gasteiger partial charge in [-0.3, -0.25) is 4.79 Å². The summed E-state index contributed by atoms with van der Waals surface area (Å²) in [6.45, 7) is 8.11. The lowest BCUT2D eigenvalue weighted by Gasteiger charge is -2.64. The molecule has 5 rings (SSSR count). The Labute approximate surface area is 169 Å². The smallest absolute Gasteiger partial charge is 0.135 e. The van der Waals surface area contributed by atoms with Crippen molar-refractivity contribution in [2.75, 3.05) is 0 Å². The molecule has 0 bridgehead atoms. The Morgan fingerprint density at radius 2 is 1.86 bits per heavy atom. The lowest BCUT2D eigenvalue weighted by Crippen LogP contribution is -2.63. The molecular formula is C25H37FO2. The molecule has 0 aromatic heterocycles. The summed E-state index contributed by atoms with van der Waals surface area (Å²) in [6, 6.07) is 0. The molecule has 0 radical (unpaired) electrons. The van der Waals surface area contributed by atoms with Crippen LogP contribution in [-0.2, 0) is 4.79 Å². The highest BCUT2D eigenvalue weighted by Crippen LogP contribution is 2.73. The summed E-state index contributed by atoms with van der Waals surface area (Å²) in [5, 5.41) is 10.9. The monoisotopic (exact) mass is 388 g/mol. The second-order valence-corrected chi connectivity index (χ2v) is 11.9. The average Bonchev–Trinajstić information content (AvgIpc) is 3.03. The summed E-state index contributed by atoms with van der Waals surface area (Å²) >= 11 is 0. The zero-order valence-electron chi connectivity index (χ0n) is 18.1. The number of aliphatic hydroxyl groups is 1. The molecule has 156 valence electrons. The van der Waals surface area contributed by atoms with Crippen molar-refractivity contribution in [1.82, 2.24) is 0 Å². The highest BCUT2D eigenvalue weighted by molar-refractivity contribution is 5.79. The van der Waals surface area contributed by atoms with E-state index in [1.54, 1.807) is 6.92 Å². The predicted molar refractivity (Wildman–Crippen MR) is 108 cm³/mol. The molecule has 4 fully saturated rings. The maximum atomic E-state index is 16.8. The van der Waals surface area contributed by atoms with Crippen LogP contribution in [-0.4, -0.2) is 22.2 Å². The number of carbonyl (C=O) groups excluding carboxylic acids is 1. The van der Waals surface area contributed by atoms with Crippen molar-refractivity contribution < 1.29 is 14.3 Å². The molecule has 4 saturated carbocycles. The van der Waals surface area contributed by atoms with E-state index in [0.29, 0.717) is 42.3 Å². The lowest BCUT2D eigenvalue weighted by molar-refractivity contribution is -0.196. The summed E-state index contributed by atoms with van der Waals surface area (Å²) in [5.74, 6) is 2.36. The molecule has 3 heteroatoms. The van der Waals surface area contributed by atoms with Gasteiger partial charge in [0.25, 0.3) is 0 Å². The Morgan fingerprint density at radius 3 is 2.57 bits per heavy atom. The number of halogens is 1. The summed E-state index contributed by atoms with van der Waals surface area (Å²) in [5.41, 5.74) is -1.16. The molecule has 9 atom stereocenters. The van der Waals surface area contributed by atoms with Gasteiger partial charge in [-0.05, 0) is 114 Å². The number of ketones is 1. The van der Waals surface area contributed by atoms with E-state index in [-0.39, 0.29) is 11.3 Å². The number of rotatable bonds is 1. The van der Waals surface area contributed by atoms with Crippen molar-refractivity contribution >= 4 is 5.78 Å². The number of hydrogen-bond donors (Lipinski definition) is 1. The highest BCUT2D eigenvalue weighted by atomic mass is 19.1. The third-order valence-electron chi connectivity index (χ3n) is 10.3. The number of hydrogen-bond acceptors (Lipinski definition) is 2. The third kappa shape index (κ3) is 2.32. The van der Waals surface area contributed by atoms with E-state index in [9.17, 15) is 9.90 Å². The molecule has 0 saturated heterocycles. The SMILES string of the molecule is CC(=O)C1CCC2C3CC4(F)C=C(C)CC45CC(C)(O)CCC5C3CCC12C. The molecule has 9 unspecified atom stereocenters. The van der Waals surface area contributed by atoms with Gasteiger partial charge in [-0.1, -0.05) is 12.5 Å². The van der Waals surface area contributed by atoms with Crippen LogP contribution < -0.4 is 0 Å². The van der Waals surface area contributed by atoms with Crippen LogP contribution in [0.3, 0.4) is 0 Å². The van der Waals surface area contributed by atoms with Crippen molar-refractivity contribution in [1.29, 1.82) is 0 Å². The predicted octanol–water partition coefficient (Wildman–Crippen LogP) is 5.63. The topological polar surface area (TPSA) is 37.3 Å². The standard InChI is InChI=1S/C25H37FO2/c1-15-11-24-14-22(3,28)9-8-21(24)17-7-10-23(4)19(16(2)27)5-6-20(23)18(17)13-25(24,26)12-15/h12,17-21,28H,5-11,13-14H2,1-4H3. The van der Waals surface area contributed by atoms with Gasteiger partial charge in [0.1, 0.15) is 11.5 Å². The van der Waals surface area contributed by atoms with Crippen molar-refractivity contribution in [3.8, 4) is 0 Å². The molecule has 0 aliphatic heterocycles. The normalized spacial score (nSPS) is 57.6. The molecule has 5 aliphatic carbocycles. The maximum Gasteiger partial charge on any atom is 0.135 e. The van der Waals surface area contributed by atoms with Crippen LogP contribution in [0, 0.1) is 40.4 Å². The molecule has 0 aromatic rings. The maximum absolute atomic E-state index is 16.8. The quantitative estimate of drug-likeness (QED) is 0.591. The van der Waals surface area contributed by atoms with E-state index >= 15 is 4.39 Å². The second kappa shape index (κ2) is 5.71. The van der Waals surface area contributed by atoms with Crippen LogP contribution in [0.5, 0.6) is 0 Å². The van der Waals surface area contributed by atoms with Gasteiger partial charge < -0.3 is 5.11 Å². The van der Waals surface area contributed by atoms with E-state index in [2.05, 4.69) is 13.8 Å². The van der Waals surface area contributed by atoms with E-state index in [4.69, 9.17) is 0 Å². The minimum absolute atomic E-state index is 0.0703. The van der Waals surface area contributed by atoms with Crippen molar-refractivity contribution in [3.05, 3.63) is 11.6 Å². The van der Waals surface area contributed by atoms with Gasteiger partial charge in [0, 0.05) is 11.3 Å². The first-order valence-electron chi connectivity index (χ1n) is 11.6. The number of Topliss-reactive ketones (excluding diaryl/α,β-unsaturated/α-hetero) is 1.